The first-order valence-electron chi connectivity index (χ1n) is 5.62. The van der Waals surface area contributed by atoms with Crippen LogP contribution in [-0.4, -0.2) is 22.3 Å². The fraction of sp³-hybridized carbons (Fsp3) is 0.667. The van der Waals surface area contributed by atoms with Crippen LogP contribution in [0.1, 0.15) is 36.8 Å². The molecule has 0 saturated heterocycles. The monoisotopic (exact) mass is 259 g/mol. The van der Waals surface area contributed by atoms with Gasteiger partial charge in [-0.1, -0.05) is 6.92 Å². The molecule has 0 radical (unpaired) electrons. The van der Waals surface area contributed by atoms with Gasteiger partial charge in [0.15, 0.2) is 0 Å². The molecule has 1 aromatic heterocycles. The second kappa shape index (κ2) is 6.52. The average molecular weight is 259 g/mol. The zero-order valence-corrected chi connectivity index (χ0v) is 12.1. The van der Waals surface area contributed by atoms with Crippen molar-refractivity contribution in [3.63, 3.8) is 0 Å². The van der Waals surface area contributed by atoms with Crippen LogP contribution in [0.25, 0.3) is 0 Å². The summed E-state index contributed by atoms with van der Waals surface area (Å²) in [6.45, 7) is 7.30. The Balaban J connectivity index is 2.34. The second-order valence-corrected chi connectivity index (χ2v) is 6.99. The zero-order valence-electron chi connectivity index (χ0n) is 10.4. The molecule has 1 heterocycles. The van der Waals surface area contributed by atoms with E-state index in [1.807, 2.05) is 6.92 Å². The summed E-state index contributed by atoms with van der Waals surface area (Å²) in [4.78, 5) is 1.41. The second-order valence-electron chi connectivity index (χ2n) is 4.24. The molecular weight excluding hydrogens is 238 g/mol. The lowest BCUT2D eigenvalue weighted by molar-refractivity contribution is 0.558. The standard InChI is InChI=1S/C12H21NOS2/c1-9-6-8-15-12(9)11(3)13-7-5-10(2)16(4)14/h6,8,10-11,13H,5,7H2,1-4H3/t10-,11-,16-/m0/s1. The summed E-state index contributed by atoms with van der Waals surface area (Å²) in [7, 11) is -0.704. The van der Waals surface area contributed by atoms with Gasteiger partial charge in [0, 0.05) is 33.2 Å². The van der Waals surface area contributed by atoms with Crippen molar-refractivity contribution in [1.82, 2.24) is 5.32 Å². The number of nitrogens with one attached hydrogen (secondary N) is 1. The van der Waals surface area contributed by atoms with Crippen LogP contribution in [0.15, 0.2) is 11.4 Å². The van der Waals surface area contributed by atoms with Gasteiger partial charge < -0.3 is 5.32 Å². The van der Waals surface area contributed by atoms with Gasteiger partial charge in [0.05, 0.1) is 0 Å². The van der Waals surface area contributed by atoms with Crippen molar-refractivity contribution in [2.45, 2.75) is 38.5 Å². The molecule has 0 fully saturated rings. The van der Waals surface area contributed by atoms with Crippen LogP contribution < -0.4 is 5.32 Å². The maximum Gasteiger partial charge on any atom is 0.0388 e. The lowest BCUT2D eigenvalue weighted by atomic mass is 10.2. The maximum atomic E-state index is 11.2. The zero-order chi connectivity index (χ0) is 12.1. The molecule has 0 aliphatic rings. The average Bonchev–Trinajstić information content (AvgIpc) is 2.64. The molecular formula is C12H21NOS2. The highest BCUT2D eigenvalue weighted by atomic mass is 32.2. The summed E-state index contributed by atoms with van der Waals surface area (Å²) in [6, 6.07) is 2.56. The fourth-order valence-electron chi connectivity index (χ4n) is 1.59. The van der Waals surface area contributed by atoms with Crippen molar-refractivity contribution >= 4 is 22.1 Å². The van der Waals surface area contributed by atoms with E-state index in [1.165, 1.54) is 10.4 Å². The smallest absolute Gasteiger partial charge is 0.0388 e. The van der Waals surface area contributed by atoms with E-state index in [1.54, 1.807) is 17.6 Å². The summed E-state index contributed by atoms with van der Waals surface area (Å²) in [6.07, 6.45) is 2.75. The highest BCUT2D eigenvalue weighted by molar-refractivity contribution is 7.84. The van der Waals surface area contributed by atoms with Gasteiger partial charge in [-0.15, -0.1) is 11.3 Å². The summed E-state index contributed by atoms with van der Waals surface area (Å²) in [5, 5.41) is 5.90. The molecule has 1 aromatic rings. The van der Waals surface area contributed by atoms with Crippen molar-refractivity contribution in [1.29, 1.82) is 0 Å². The van der Waals surface area contributed by atoms with E-state index in [-0.39, 0.29) is 5.25 Å². The Hall–Kier alpha value is -0.190. The Morgan fingerprint density at radius 3 is 2.69 bits per heavy atom. The van der Waals surface area contributed by atoms with Crippen LogP contribution >= 0.6 is 11.3 Å². The van der Waals surface area contributed by atoms with Crippen LogP contribution in [0.2, 0.25) is 0 Å². The number of aryl methyl sites for hydroxylation is 1. The van der Waals surface area contributed by atoms with Gasteiger partial charge in [0.2, 0.25) is 0 Å². The Labute approximate surface area is 105 Å². The van der Waals surface area contributed by atoms with Crippen LogP contribution in [0.4, 0.5) is 0 Å². The third-order valence-corrected chi connectivity index (χ3v) is 5.43. The maximum absolute atomic E-state index is 11.2. The Morgan fingerprint density at radius 2 is 2.19 bits per heavy atom. The summed E-state index contributed by atoms with van der Waals surface area (Å²) < 4.78 is 11.2. The first-order chi connectivity index (χ1) is 7.52. The molecule has 0 bridgehead atoms. The summed E-state index contributed by atoms with van der Waals surface area (Å²) in [5.41, 5.74) is 1.36. The van der Waals surface area contributed by atoms with Gasteiger partial charge in [-0.05, 0) is 43.8 Å². The van der Waals surface area contributed by atoms with E-state index in [9.17, 15) is 4.21 Å². The summed E-state index contributed by atoms with van der Waals surface area (Å²) in [5.74, 6) is 0. The number of thiophene rings is 1. The molecule has 0 aromatic carbocycles. The molecule has 0 aliphatic heterocycles. The predicted octanol–water partition coefficient (Wildman–Crippen LogP) is 2.86. The van der Waals surface area contributed by atoms with Crippen molar-refractivity contribution < 1.29 is 4.21 Å². The van der Waals surface area contributed by atoms with Gasteiger partial charge in [0.25, 0.3) is 0 Å². The molecule has 0 saturated carbocycles. The van der Waals surface area contributed by atoms with Crippen molar-refractivity contribution in [3.8, 4) is 0 Å². The predicted molar refractivity (Wildman–Crippen MR) is 73.6 cm³/mol. The van der Waals surface area contributed by atoms with Crippen LogP contribution in [-0.2, 0) is 10.8 Å². The van der Waals surface area contributed by atoms with E-state index in [2.05, 4.69) is 30.6 Å². The molecule has 0 spiro atoms. The Bertz CT molecular complexity index is 349. The third kappa shape index (κ3) is 4.00. The van der Waals surface area contributed by atoms with Gasteiger partial charge in [0.1, 0.15) is 0 Å². The van der Waals surface area contributed by atoms with E-state index >= 15 is 0 Å². The van der Waals surface area contributed by atoms with Crippen LogP contribution in [0.5, 0.6) is 0 Å². The first-order valence-corrected chi connectivity index (χ1v) is 8.12. The number of hydrogen-bond donors (Lipinski definition) is 1. The quantitative estimate of drug-likeness (QED) is 0.851. The van der Waals surface area contributed by atoms with Gasteiger partial charge in [-0.25, -0.2) is 0 Å². The minimum absolute atomic E-state index is 0.282. The minimum Gasteiger partial charge on any atom is -0.309 e. The molecule has 1 N–H and O–H groups in total. The fourth-order valence-corrected chi connectivity index (χ4v) is 3.00. The molecule has 4 heteroatoms. The molecule has 16 heavy (non-hydrogen) atoms. The van der Waals surface area contributed by atoms with E-state index in [0.717, 1.165) is 13.0 Å². The number of hydrogen-bond acceptors (Lipinski definition) is 3. The Morgan fingerprint density at radius 1 is 1.50 bits per heavy atom. The van der Waals surface area contributed by atoms with Gasteiger partial charge in [-0.3, -0.25) is 4.21 Å². The van der Waals surface area contributed by atoms with E-state index in [4.69, 9.17) is 0 Å². The van der Waals surface area contributed by atoms with Crippen LogP contribution in [0.3, 0.4) is 0 Å². The SMILES string of the molecule is Cc1ccsc1[C@H](C)NCC[C@H](C)[S@](C)=O. The van der Waals surface area contributed by atoms with Gasteiger partial charge in [-0.2, -0.15) is 0 Å². The lowest BCUT2D eigenvalue weighted by Crippen LogP contribution is -2.23. The normalized spacial score (nSPS) is 17.0. The Kier molecular flexibility index (Phi) is 5.66. The molecule has 1 rings (SSSR count). The van der Waals surface area contributed by atoms with Crippen molar-refractivity contribution in [2.24, 2.45) is 0 Å². The van der Waals surface area contributed by atoms with E-state index in [0.29, 0.717) is 6.04 Å². The van der Waals surface area contributed by atoms with Crippen LogP contribution in [0, 0.1) is 6.92 Å². The van der Waals surface area contributed by atoms with Gasteiger partial charge >= 0.3 is 0 Å². The first kappa shape index (κ1) is 13.9. The molecule has 3 atom stereocenters. The summed E-state index contributed by atoms with van der Waals surface area (Å²) >= 11 is 1.80. The molecule has 0 aliphatic carbocycles. The molecule has 0 unspecified atom stereocenters. The topological polar surface area (TPSA) is 29.1 Å². The van der Waals surface area contributed by atoms with Crippen molar-refractivity contribution in [3.05, 3.63) is 21.9 Å². The highest BCUT2D eigenvalue weighted by Gasteiger charge is 2.10. The number of rotatable bonds is 6. The highest BCUT2D eigenvalue weighted by Crippen LogP contribution is 2.23. The minimum atomic E-state index is -0.704. The van der Waals surface area contributed by atoms with E-state index < -0.39 is 10.8 Å². The molecule has 92 valence electrons. The largest absolute Gasteiger partial charge is 0.309 e. The third-order valence-electron chi connectivity index (χ3n) is 2.86. The van der Waals surface area contributed by atoms with Crippen molar-refractivity contribution in [2.75, 3.05) is 12.8 Å². The molecule has 0 amide bonds. The lowest BCUT2D eigenvalue weighted by Gasteiger charge is -2.15. The molecule has 2 nitrogen and oxygen atoms in total.